The van der Waals surface area contributed by atoms with E-state index in [0.717, 1.165) is 0 Å². The maximum absolute atomic E-state index is 12.6. The van der Waals surface area contributed by atoms with Gasteiger partial charge < -0.3 is 14.8 Å². The molecule has 3 rings (SSSR count). The monoisotopic (exact) mass is 318 g/mol. The molecule has 0 saturated carbocycles. The van der Waals surface area contributed by atoms with Gasteiger partial charge in [-0.2, -0.15) is 4.31 Å². The highest BCUT2D eigenvalue weighted by atomic mass is 35.5. The third kappa shape index (κ3) is 2.46. The van der Waals surface area contributed by atoms with Crippen molar-refractivity contribution in [2.24, 2.45) is 0 Å². The highest BCUT2D eigenvalue weighted by molar-refractivity contribution is 7.89. The summed E-state index contributed by atoms with van der Waals surface area (Å²) < 4.78 is 37.5. The van der Waals surface area contributed by atoms with Crippen molar-refractivity contribution in [1.82, 2.24) is 9.62 Å². The van der Waals surface area contributed by atoms with Gasteiger partial charge in [0.2, 0.25) is 10.0 Å². The van der Waals surface area contributed by atoms with Crippen LogP contribution in [0, 0.1) is 0 Å². The van der Waals surface area contributed by atoms with Gasteiger partial charge in [0, 0.05) is 38.3 Å². The Balaban J connectivity index is 2.00. The summed E-state index contributed by atoms with van der Waals surface area (Å²) in [5, 5.41) is 3.28. The Morgan fingerprint density at radius 2 is 1.70 bits per heavy atom. The number of hydrogen-bond donors (Lipinski definition) is 1. The van der Waals surface area contributed by atoms with E-state index in [1.165, 1.54) is 16.4 Å². The summed E-state index contributed by atoms with van der Waals surface area (Å²) in [5.74, 6) is 0.912. The summed E-state index contributed by atoms with van der Waals surface area (Å²) in [6.45, 7) is 3.00. The number of piperazine rings is 1. The molecule has 0 unspecified atom stereocenters. The molecule has 1 fully saturated rings. The standard InChI is InChI=1S/C12H15ClN2O4S/c13-9-7-10-11(19-6-5-18-10)8-12(9)20(16,17)15-3-1-14-2-4-15/h7-8,14H,1-6H2. The number of nitrogens with one attached hydrogen (secondary N) is 1. The molecule has 8 heteroatoms. The number of ether oxygens (including phenoxy) is 2. The van der Waals surface area contributed by atoms with Crippen molar-refractivity contribution in [3.63, 3.8) is 0 Å². The van der Waals surface area contributed by atoms with Gasteiger partial charge in [-0.3, -0.25) is 0 Å². The van der Waals surface area contributed by atoms with Gasteiger partial charge in [0.25, 0.3) is 0 Å². The van der Waals surface area contributed by atoms with E-state index in [2.05, 4.69) is 5.32 Å². The Labute approximate surface area is 122 Å². The first-order chi connectivity index (χ1) is 9.59. The van der Waals surface area contributed by atoms with E-state index in [1.54, 1.807) is 0 Å². The predicted octanol–water partition coefficient (Wildman–Crippen LogP) is 0.705. The third-order valence-electron chi connectivity index (χ3n) is 3.29. The molecule has 0 bridgehead atoms. The molecule has 0 aliphatic carbocycles. The van der Waals surface area contributed by atoms with Gasteiger partial charge in [0.05, 0.1) is 5.02 Å². The fraction of sp³-hybridized carbons (Fsp3) is 0.500. The topological polar surface area (TPSA) is 67.9 Å². The first-order valence-electron chi connectivity index (χ1n) is 6.39. The lowest BCUT2D eigenvalue weighted by Crippen LogP contribution is -2.46. The molecule has 0 spiro atoms. The van der Waals surface area contributed by atoms with Gasteiger partial charge in [-0.25, -0.2) is 8.42 Å². The molecule has 0 atom stereocenters. The molecule has 2 aliphatic rings. The fourth-order valence-electron chi connectivity index (χ4n) is 2.27. The van der Waals surface area contributed by atoms with E-state index in [1.807, 2.05) is 0 Å². The van der Waals surface area contributed by atoms with E-state index in [-0.39, 0.29) is 9.92 Å². The first-order valence-corrected chi connectivity index (χ1v) is 8.21. The van der Waals surface area contributed by atoms with Crippen LogP contribution < -0.4 is 14.8 Å². The maximum atomic E-state index is 12.6. The van der Waals surface area contributed by atoms with E-state index in [4.69, 9.17) is 21.1 Å². The average molecular weight is 319 g/mol. The molecule has 20 heavy (non-hydrogen) atoms. The summed E-state index contributed by atoms with van der Waals surface area (Å²) in [6, 6.07) is 2.96. The van der Waals surface area contributed by atoms with Crippen molar-refractivity contribution < 1.29 is 17.9 Å². The second-order valence-electron chi connectivity index (χ2n) is 4.58. The number of halogens is 1. The van der Waals surface area contributed by atoms with Crippen LogP contribution in [-0.4, -0.2) is 52.1 Å². The van der Waals surface area contributed by atoms with Crippen LogP contribution in [0.4, 0.5) is 0 Å². The zero-order chi connectivity index (χ0) is 14.2. The van der Waals surface area contributed by atoms with Crippen molar-refractivity contribution in [1.29, 1.82) is 0 Å². The minimum absolute atomic E-state index is 0.0744. The highest BCUT2D eigenvalue weighted by Crippen LogP contribution is 2.38. The summed E-state index contributed by atoms with van der Waals surface area (Å²) in [4.78, 5) is 0.0744. The van der Waals surface area contributed by atoms with Crippen molar-refractivity contribution in [2.45, 2.75) is 4.90 Å². The number of sulfonamides is 1. The first kappa shape index (κ1) is 13.9. The second kappa shape index (κ2) is 5.40. The van der Waals surface area contributed by atoms with Crippen LogP contribution in [-0.2, 0) is 10.0 Å². The van der Waals surface area contributed by atoms with Gasteiger partial charge in [-0.1, -0.05) is 11.6 Å². The van der Waals surface area contributed by atoms with E-state index in [9.17, 15) is 8.42 Å². The predicted molar refractivity (Wildman–Crippen MR) is 74.1 cm³/mol. The van der Waals surface area contributed by atoms with Gasteiger partial charge in [-0.15, -0.1) is 0 Å². The molecule has 0 radical (unpaired) electrons. The maximum Gasteiger partial charge on any atom is 0.244 e. The number of rotatable bonds is 2. The lowest BCUT2D eigenvalue weighted by atomic mass is 10.3. The van der Waals surface area contributed by atoms with Crippen molar-refractivity contribution in [3.8, 4) is 11.5 Å². The van der Waals surface area contributed by atoms with Crippen LogP contribution in [0.3, 0.4) is 0 Å². The Morgan fingerprint density at radius 1 is 1.10 bits per heavy atom. The molecule has 1 aromatic rings. The number of hydrogen-bond acceptors (Lipinski definition) is 5. The Morgan fingerprint density at radius 3 is 2.35 bits per heavy atom. The summed E-state index contributed by atoms with van der Waals surface area (Å²) in [6.07, 6.45) is 0. The molecule has 110 valence electrons. The summed E-state index contributed by atoms with van der Waals surface area (Å²) >= 11 is 6.11. The lowest BCUT2D eigenvalue weighted by molar-refractivity contribution is 0.171. The number of fused-ring (bicyclic) bond motifs is 1. The van der Waals surface area contributed by atoms with Crippen LogP contribution in [0.5, 0.6) is 11.5 Å². The Kier molecular flexibility index (Phi) is 3.76. The largest absolute Gasteiger partial charge is 0.486 e. The van der Waals surface area contributed by atoms with Crippen molar-refractivity contribution in [2.75, 3.05) is 39.4 Å². The number of benzene rings is 1. The van der Waals surface area contributed by atoms with Crippen LogP contribution in [0.15, 0.2) is 17.0 Å². The normalized spacial score (nSPS) is 19.9. The van der Waals surface area contributed by atoms with Crippen molar-refractivity contribution >= 4 is 21.6 Å². The van der Waals surface area contributed by atoms with E-state index in [0.29, 0.717) is 50.9 Å². The average Bonchev–Trinajstić information content (AvgIpc) is 2.47. The fourth-order valence-corrected chi connectivity index (χ4v) is 4.22. The highest BCUT2D eigenvalue weighted by Gasteiger charge is 2.30. The molecule has 2 heterocycles. The van der Waals surface area contributed by atoms with E-state index < -0.39 is 10.0 Å². The van der Waals surface area contributed by atoms with Crippen LogP contribution in [0.2, 0.25) is 5.02 Å². The molecule has 6 nitrogen and oxygen atoms in total. The van der Waals surface area contributed by atoms with Gasteiger partial charge >= 0.3 is 0 Å². The smallest absolute Gasteiger partial charge is 0.244 e. The zero-order valence-corrected chi connectivity index (χ0v) is 12.3. The zero-order valence-electron chi connectivity index (χ0n) is 10.8. The van der Waals surface area contributed by atoms with Crippen molar-refractivity contribution in [3.05, 3.63) is 17.2 Å². The summed E-state index contributed by atoms with van der Waals surface area (Å²) in [7, 11) is -3.60. The molecule has 1 saturated heterocycles. The van der Waals surface area contributed by atoms with E-state index >= 15 is 0 Å². The van der Waals surface area contributed by atoms with Crippen LogP contribution in [0.1, 0.15) is 0 Å². The molecule has 0 aromatic heterocycles. The van der Waals surface area contributed by atoms with Crippen LogP contribution in [0.25, 0.3) is 0 Å². The van der Waals surface area contributed by atoms with Gasteiger partial charge in [0.1, 0.15) is 18.1 Å². The minimum atomic E-state index is -3.60. The molecule has 1 N–H and O–H groups in total. The molecular formula is C12H15ClN2O4S. The Hall–Kier alpha value is -1.02. The Bertz CT molecular complexity index is 614. The van der Waals surface area contributed by atoms with Gasteiger partial charge in [-0.05, 0) is 0 Å². The second-order valence-corrected chi connectivity index (χ2v) is 6.89. The molecular weight excluding hydrogens is 304 g/mol. The molecule has 1 aromatic carbocycles. The number of nitrogens with zero attached hydrogens (tertiary/aromatic N) is 1. The quantitative estimate of drug-likeness (QED) is 0.869. The lowest BCUT2D eigenvalue weighted by Gasteiger charge is -2.27. The molecule has 2 aliphatic heterocycles. The molecule has 0 amide bonds. The minimum Gasteiger partial charge on any atom is -0.486 e. The summed E-state index contributed by atoms with van der Waals surface area (Å²) in [5.41, 5.74) is 0. The third-order valence-corrected chi connectivity index (χ3v) is 5.65. The van der Waals surface area contributed by atoms with Gasteiger partial charge in [0.15, 0.2) is 11.5 Å². The SMILES string of the molecule is O=S(=O)(c1cc2c(cc1Cl)OCCO2)N1CCNCC1. The van der Waals surface area contributed by atoms with Crippen LogP contribution >= 0.6 is 11.6 Å².